The highest BCUT2D eigenvalue weighted by molar-refractivity contribution is 7.99. The van der Waals surface area contributed by atoms with Crippen LogP contribution in [0.4, 0.5) is 0 Å². The summed E-state index contributed by atoms with van der Waals surface area (Å²) in [5.41, 5.74) is 0.757. The number of hydrogen-bond donors (Lipinski definition) is 1. The summed E-state index contributed by atoms with van der Waals surface area (Å²) in [7, 11) is 0. The van der Waals surface area contributed by atoms with Crippen molar-refractivity contribution in [3.8, 4) is 11.5 Å². The first-order valence-corrected chi connectivity index (χ1v) is 8.46. The van der Waals surface area contributed by atoms with Crippen LogP contribution in [-0.4, -0.2) is 27.9 Å². The maximum Gasteiger partial charge on any atom is 0.277 e. The summed E-state index contributed by atoms with van der Waals surface area (Å²) in [5.74, 6) is 0.615. The highest BCUT2D eigenvalue weighted by Crippen LogP contribution is 2.24. The third kappa shape index (κ3) is 5.03. The molecule has 0 saturated heterocycles. The molecule has 5 nitrogen and oxygen atoms in total. The van der Waals surface area contributed by atoms with Crippen LogP contribution in [0.1, 0.15) is 26.7 Å². The summed E-state index contributed by atoms with van der Waals surface area (Å²) in [6.45, 7) is 4.09. The molecule has 1 aromatic carbocycles. The minimum Gasteiger partial charge on any atom is -0.411 e. The molecule has 22 heavy (non-hydrogen) atoms. The van der Waals surface area contributed by atoms with E-state index in [9.17, 15) is 4.79 Å². The molecule has 1 amide bonds. The molecule has 1 atom stereocenters. The molecule has 0 saturated carbocycles. The minimum absolute atomic E-state index is 0.0338. The number of halogens is 1. The maximum absolute atomic E-state index is 11.8. The van der Waals surface area contributed by atoms with Crippen molar-refractivity contribution in [3.63, 3.8) is 0 Å². The number of nitrogens with zero attached hydrogens (tertiary/aromatic N) is 2. The second-order valence-electron chi connectivity index (χ2n) is 4.93. The van der Waals surface area contributed by atoms with E-state index in [1.807, 2.05) is 19.1 Å². The number of rotatable bonds is 7. The summed E-state index contributed by atoms with van der Waals surface area (Å²) in [6, 6.07) is 7.37. The summed E-state index contributed by atoms with van der Waals surface area (Å²) in [4.78, 5) is 11.8. The lowest BCUT2D eigenvalue weighted by Gasteiger charge is -2.11. The lowest BCUT2D eigenvalue weighted by Crippen LogP contribution is -2.33. The number of amides is 1. The summed E-state index contributed by atoms with van der Waals surface area (Å²) < 4.78 is 5.53. The van der Waals surface area contributed by atoms with Crippen molar-refractivity contribution >= 4 is 29.3 Å². The van der Waals surface area contributed by atoms with Gasteiger partial charge in [0, 0.05) is 16.6 Å². The van der Waals surface area contributed by atoms with Crippen molar-refractivity contribution < 1.29 is 9.21 Å². The molecule has 0 aliphatic heterocycles. The van der Waals surface area contributed by atoms with Gasteiger partial charge in [0.2, 0.25) is 11.8 Å². The van der Waals surface area contributed by atoms with Gasteiger partial charge in [-0.25, -0.2) is 0 Å². The molecule has 0 aliphatic rings. The van der Waals surface area contributed by atoms with Gasteiger partial charge in [0.15, 0.2) is 0 Å². The quantitative estimate of drug-likeness (QED) is 0.777. The molecule has 118 valence electrons. The normalized spacial score (nSPS) is 12.1. The number of hydrogen-bond acceptors (Lipinski definition) is 5. The van der Waals surface area contributed by atoms with Gasteiger partial charge >= 0.3 is 0 Å². The Morgan fingerprint density at radius 3 is 3.00 bits per heavy atom. The molecule has 7 heteroatoms. The Kier molecular flexibility index (Phi) is 6.27. The maximum atomic E-state index is 11.8. The van der Waals surface area contributed by atoms with Gasteiger partial charge in [-0.05, 0) is 31.5 Å². The monoisotopic (exact) mass is 339 g/mol. The van der Waals surface area contributed by atoms with Crippen LogP contribution >= 0.6 is 23.4 Å². The molecule has 0 aliphatic carbocycles. The average molecular weight is 340 g/mol. The van der Waals surface area contributed by atoms with E-state index in [1.165, 1.54) is 11.8 Å². The van der Waals surface area contributed by atoms with Gasteiger partial charge in [0.1, 0.15) is 0 Å². The van der Waals surface area contributed by atoms with Crippen LogP contribution in [0.25, 0.3) is 11.5 Å². The fourth-order valence-corrected chi connectivity index (χ4v) is 2.72. The van der Waals surface area contributed by atoms with E-state index in [-0.39, 0.29) is 17.7 Å². The van der Waals surface area contributed by atoms with Crippen molar-refractivity contribution in [2.75, 3.05) is 5.75 Å². The molecule has 1 heterocycles. The van der Waals surface area contributed by atoms with Crippen LogP contribution in [-0.2, 0) is 4.79 Å². The molecule has 0 unspecified atom stereocenters. The highest BCUT2D eigenvalue weighted by atomic mass is 35.5. The van der Waals surface area contributed by atoms with E-state index in [4.69, 9.17) is 16.0 Å². The zero-order chi connectivity index (χ0) is 15.9. The van der Waals surface area contributed by atoms with E-state index in [2.05, 4.69) is 22.4 Å². The zero-order valence-electron chi connectivity index (χ0n) is 12.5. The first kappa shape index (κ1) is 16.8. The first-order valence-electron chi connectivity index (χ1n) is 7.10. The Hall–Kier alpha value is -1.53. The Morgan fingerprint density at radius 2 is 2.27 bits per heavy atom. The number of thioether (sulfide) groups is 1. The molecule has 0 radical (unpaired) electrons. The van der Waals surface area contributed by atoms with Gasteiger partial charge in [-0.2, -0.15) is 0 Å². The zero-order valence-corrected chi connectivity index (χ0v) is 14.1. The third-order valence-electron chi connectivity index (χ3n) is 2.93. The fraction of sp³-hybridized carbons (Fsp3) is 0.400. The van der Waals surface area contributed by atoms with Crippen LogP contribution < -0.4 is 5.32 Å². The second kappa shape index (κ2) is 8.19. The SMILES string of the molecule is CCC[C@H](C)NC(=O)CSc1nnc(-c2cccc(Cl)c2)o1. The lowest BCUT2D eigenvalue weighted by atomic mass is 10.2. The molecule has 0 bridgehead atoms. The first-order chi connectivity index (χ1) is 10.6. The number of aromatic nitrogens is 2. The summed E-state index contributed by atoms with van der Waals surface area (Å²) >= 11 is 7.15. The van der Waals surface area contributed by atoms with Crippen molar-refractivity contribution in [3.05, 3.63) is 29.3 Å². The molecular weight excluding hydrogens is 322 g/mol. The van der Waals surface area contributed by atoms with Gasteiger partial charge in [0.25, 0.3) is 5.22 Å². The molecule has 2 aromatic rings. The summed E-state index contributed by atoms with van der Waals surface area (Å²) in [5, 5.41) is 11.8. The topological polar surface area (TPSA) is 68.0 Å². The van der Waals surface area contributed by atoms with E-state index in [0.717, 1.165) is 18.4 Å². The van der Waals surface area contributed by atoms with Crippen molar-refractivity contribution in [1.29, 1.82) is 0 Å². The third-order valence-corrected chi connectivity index (χ3v) is 3.99. The van der Waals surface area contributed by atoms with E-state index >= 15 is 0 Å². The van der Waals surface area contributed by atoms with Gasteiger partial charge in [-0.3, -0.25) is 4.79 Å². The molecule has 1 N–H and O–H groups in total. The predicted octanol–water partition coefficient (Wildman–Crippen LogP) is 3.79. The number of benzene rings is 1. The van der Waals surface area contributed by atoms with Crippen LogP contribution in [0.15, 0.2) is 33.9 Å². The average Bonchev–Trinajstić information content (AvgIpc) is 2.94. The molecule has 0 spiro atoms. The molecule has 0 fully saturated rings. The van der Waals surface area contributed by atoms with Gasteiger partial charge in [-0.15, -0.1) is 10.2 Å². The van der Waals surface area contributed by atoms with Crippen molar-refractivity contribution in [2.24, 2.45) is 0 Å². The predicted molar refractivity (Wildman–Crippen MR) is 88.0 cm³/mol. The molecule has 2 rings (SSSR count). The standard InChI is InChI=1S/C15H18ClN3O2S/c1-3-5-10(2)17-13(20)9-22-15-19-18-14(21-15)11-6-4-7-12(16)8-11/h4,6-8,10H,3,5,9H2,1-2H3,(H,17,20)/t10-/m0/s1. The van der Waals surface area contributed by atoms with E-state index < -0.39 is 0 Å². The Morgan fingerprint density at radius 1 is 1.45 bits per heavy atom. The Labute approximate surface area is 138 Å². The number of nitrogens with one attached hydrogen (secondary N) is 1. The van der Waals surface area contributed by atoms with Gasteiger partial charge in [-0.1, -0.05) is 42.8 Å². The Bertz CT molecular complexity index is 633. The smallest absolute Gasteiger partial charge is 0.277 e. The van der Waals surface area contributed by atoms with Gasteiger partial charge in [0.05, 0.1) is 5.75 Å². The minimum atomic E-state index is -0.0338. The highest BCUT2D eigenvalue weighted by Gasteiger charge is 2.12. The second-order valence-corrected chi connectivity index (χ2v) is 6.29. The van der Waals surface area contributed by atoms with E-state index in [1.54, 1.807) is 12.1 Å². The van der Waals surface area contributed by atoms with Crippen molar-refractivity contribution in [2.45, 2.75) is 38.0 Å². The lowest BCUT2D eigenvalue weighted by molar-refractivity contribution is -0.119. The van der Waals surface area contributed by atoms with Crippen molar-refractivity contribution in [1.82, 2.24) is 15.5 Å². The number of carbonyl (C=O) groups is 1. The fourth-order valence-electron chi connectivity index (χ4n) is 1.96. The van der Waals surface area contributed by atoms with Gasteiger partial charge < -0.3 is 9.73 Å². The molecule has 1 aromatic heterocycles. The Balaban J connectivity index is 1.88. The number of carbonyl (C=O) groups excluding carboxylic acids is 1. The van der Waals surface area contributed by atoms with Crippen LogP contribution in [0, 0.1) is 0 Å². The van der Waals surface area contributed by atoms with E-state index in [0.29, 0.717) is 16.1 Å². The summed E-state index contributed by atoms with van der Waals surface area (Å²) in [6.07, 6.45) is 2.01. The largest absolute Gasteiger partial charge is 0.411 e. The van der Waals surface area contributed by atoms with Crippen LogP contribution in [0.3, 0.4) is 0 Å². The van der Waals surface area contributed by atoms with Crippen LogP contribution in [0.5, 0.6) is 0 Å². The molecular formula is C15H18ClN3O2S. The van der Waals surface area contributed by atoms with Crippen LogP contribution in [0.2, 0.25) is 5.02 Å².